The molecular formula is C22H30N4O. The number of aromatic nitrogens is 2. The highest BCUT2D eigenvalue weighted by molar-refractivity contribution is 5.84. The Bertz CT molecular complexity index is 827. The predicted molar refractivity (Wildman–Crippen MR) is 106 cm³/mol. The second-order valence-corrected chi connectivity index (χ2v) is 8.88. The van der Waals surface area contributed by atoms with Crippen LogP contribution in [0, 0.1) is 11.3 Å². The summed E-state index contributed by atoms with van der Waals surface area (Å²) in [7, 11) is 0. The number of carbonyl (C=O) groups excluding carboxylic acids is 1. The molecule has 5 heteroatoms. The largest absolute Gasteiger partial charge is 0.342 e. The van der Waals surface area contributed by atoms with Gasteiger partial charge in [-0.3, -0.25) is 4.79 Å². The van der Waals surface area contributed by atoms with E-state index in [9.17, 15) is 4.79 Å². The zero-order valence-corrected chi connectivity index (χ0v) is 16.1. The Morgan fingerprint density at radius 2 is 1.96 bits per heavy atom. The highest BCUT2D eigenvalue weighted by Crippen LogP contribution is 2.41. The van der Waals surface area contributed by atoms with Crippen molar-refractivity contribution in [2.45, 2.75) is 45.1 Å². The molecule has 1 aliphatic carbocycles. The molecule has 1 aromatic carbocycles. The quantitative estimate of drug-likeness (QED) is 0.816. The Balaban J connectivity index is 1.22. The Labute approximate surface area is 161 Å². The Morgan fingerprint density at radius 3 is 2.81 bits per heavy atom. The van der Waals surface area contributed by atoms with E-state index in [1.54, 1.807) is 0 Å². The molecule has 144 valence electrons. The first-order valence-electron chi connectivity index (χ1n) is 10.7. The SMILES string of the molecule is O=C1N(CC2CCC2)CCC[C@@]12CCN(CCn1cnc3ccccc31)C2. The van der Waals surface area contributed by atoms with E-state index in [2.05, 4.69) is 37.5 Å². The van der Waals surface area contributed by atoms with Gasteiger partial charge in [-0.05, 0) is 56.7 Å². The van der Waals surface area contributed by atoms with Crippen molar-refractivity contribution in [2.24, 2.45) is 11.3 Å². The molecule has 3 heterocycles. The third kappa shape index (κ3) is 3.16. The molecule has 1 aromatic heterocycles. The van der Waals surface area contributed by atoms with Crippen molar-refractivity contribution in [1.82, 2.24) is 19.4 Å². The van der Waals surface area contributed by atoms with Crippen molar-refractivity contribution >= 4 is 16.9 Å². The molecule has 0 bridgehead atoms. The molecule has 0 unspecified atom stereocenters. The number of piperidine rings is 1. The fourth-order valence-electron chi connectivity index (χ4n) is 5.28. The van der Waals surface area contributed by atoms with Crippen LogP contribution < -0.4 is 0 Å². The molecule has 1 amide bonds. The second-order valence-electron chi connectivity index (χ2n) is 8.88. The second kappa shape index (κ2) is 6.93. The molecule has 0 N–H and O–H groups in total. The summed E-state index contributed by atoms with van der Waals surface area (Å²) < 4.78 is 2.24. The zero-order valence-electron chi connectivity index (χ0n) is 16.1. The van der Waals surface area contributed by atoms with Crippen molar-refractivity contribution in [2.75, 3.05) is 32.7 Å². The fraction of sp³-hybridized carbons (Fsp3) is 0.636. The van der Waals surface area contributed by atoms with Gasteiger partial charge in [-0.15, -0.1) is 0 Å². The summed E-state index contributed by atoms with van der Waals surface area (Å²) in [6, 6.07) is 8.31. The van der Waals surface area contributed by atoms with Crippen LogP contribution in [0.15, 0.2) is 30.6 Å². The van der Waals surface area contributed by atoms with Gasteiger partial charge >= 0.3 is 0 Å². The average Bonchev–Trinajstić information content (AvgIpc) is 3.25. The molecule has 1 spiro atoms. The summed E-state index contributed by atoms with van der Waals surface area (Å²) in [6.45, 7) is 5.93. The topological polar surface area (TPSA) is 41.4 Å². The minimum Gasteiger partial charge on any atom is -0.342 e. The number of rotatable bonds is 5. The normalized spacial score (nSPS) is 27.0. The van der Waals surface area contributed by atoms with E-state index in [0.29, 0.717) is 5.91 Å². The van der Waals surface area contributed by atoms with Gasteiger partial charge < -0.3 is 14.4 Å². The van der Waals surface area contributed by atoms with Crippen LogP contribution in [0.3, 0.4) is 0 Å². The molecule has 27 heavy (non-hydrogen) atoms. The molecule has 5 nitrogen and oxygen atoms in total. The number of amides is 1. The lowest BCUT2D eigenvalue weighted by Crippen LogP contribution is -2.51. The van der Waals surface area contributed by atoms with Gasteiger partial charge in [0.15, 0.2) is 0 Å². The first-order valence-corrected chi connectivity index (χ1v) is 10.7. The van der Waals surface area contributed by atoms with Gasteiger partial charge in [-0.1, -0.05) is 18.6 Å². The standard InChI is InChI=1S/C22H30N4O/c27-21-22(9-4-11-25(21)15-18-5-3-6-18)10-12-24(16-22)13-14-26-17-23-19-7-1-2-8-20(19)26/h1-2,7-8,17-18H,3-6,9-16H2/t22-/m0/s1. The van der Waals surface area contributed by atoms with E-state index in [1.807, 2.05) is 12.4 Å². The van der Waals surface area contributed by atoms with Gasteiger partial charge in [0, 0.05) is 32.7 Å². The van der Waals surface area contributed by atoms with Gasteiger partial charge in [-0.25, -0.2) is 4.98 Å². The van der Waals surface area contributed by atoms with Crippen molar-refractivity contribution in [3.05, 3.63) is 30.6 Å². The summed E-state index contributed by atoms with van der Waals surface area (Å²) in [6.07, 6.45) is 9.24. The summed E-state index contributed by atoms with van der Waals surface area (Å²) in [5.41, 5.74) is 2.16. The third-order valence-corrected chi connectivity index (χ3v) is 7.14. The lowest BCUT2D eigenvalue weighted by atomic mass is 9.77. The summed E-state index contributed by atoms with van der Waals surface area (Å²) in [5, 5.41) is 0. The molecular weight excluding hydrogens is 336 g/mol. The predicted octanol–water partition coefficient (Wildman–Crippen LogP) is 3.15. The number of likely N-dealkylation sites (tertiary alicyclic amines) is 2. The van der Waals surface area contributed by atoms with E-state index in [0.717, 1.165) is 63.5 Å². The third-order valence-electron chi connectivity index (χ3n) is 7.14. The maximum absolute atomic E-state index is 13.3. The van der Waals surface area contributed by atoms with E-state index < -0.39 is 0 Å². The molecule has 3 fully saturated rings. The molecule has 2 saturated heterocycles. The van der Waals surface area contributed by atoms with E-state index in [4.69, 9.17) is 0 Å². The van der Waals surface area contributed by atoms with E-state index in [-0.39, 0.29) is 5.41 Å². The van der Waals surface area contributed by atoms with Crippen molar-refractivity contribution in [3.63, 3.8) is 0 Å². The monoisotopic (exact) mass is 366 g/mol. The van der Waals surface area contributed by atoms with Gasteiger partial charge in [-0.2, -0.15) is 0 Å². The van der Waals surface area contributed by atoms with Crippen molar-refractivity contribution < 1.29 is 4.79 Å². The van der Waals surface area contributed by atoms with Gasteiger partial charge in [0.05, 0.1) is 22.8 Å². The van der Waals surface area contributed by atoms with Crippen LogP contribution in [0.2, 0.25) is 0 Å². The lowest BCUT2D eigenvalue weighted by Gasteiger charge is -2.42. The van der Waals surface area contributed by atoms with Crippen LogP contribution in [0.5, 0.6) is 0 Å². The van der Waals surface area contributed by atoms with Crippen LogP contribution in [0.25, 0.3) is 11.0 Å². The highest BCUT2D eigenvalue weighted by atomic mass is 16.2. The molecule has 2 aliphatic heterocycles. The minimum atomic E-state index is -0.0982. The molecule has 1 saturated carbocycles. The zero-order chi connectivity index (χ0) is 18.3. The summed E-state index contributed by atoms with van der Waals surface area (Å²) >= 11 is 0. The number of hydrogen-bond acceptors (Lipinski definition) is 3. The van der Waals surface area contributed by atoms with Crippen LogP contribution >= 0.6 is 0 Å². The highest BCUT2D eigenvalue weighted by Gasteiger charge is 2.48. The lowest BCUT2D eigenvalue weighted by molar-refractivity contribution is -0.146. The smallest absolute Gasteiger partial charge is 0.230 e. The maximum Gasteiger partial charge on any atom is 0.230 e. The van der Waals surface area contributed by atoms with Crippen molar-refractivity contribution in [3.8, 4) is 0 Å². The summed E-state index contributed by atoms with van der Waals surface area (Å²) in [4.78, 5) is 22.5. The number of imidazole rings is 1. The number of para-hydroxylation sites is 2. The average molecular weight is 367 g/mol. The van der Waals surface area contributed by atoms with E-state index in [1.165, 1.54) is 31.2 Å². The van der Waals surface area contributed by atoms with Gasteiger partial charge in [0.2, 0.25) is 5.91 Å². The fourth-order valence-corrected chi connectivity index (χ4v) is 5.28. The number of hydrogen-bond donors (Lipinski definition) is 0. The van der Waals surface area contributed by atoms with Crippen molar-refractivity contribution in [1.29, 1.82) is 0 Å². The van der Waals surface area contributed by atoms with Gasteiger partial charge in [0.25, 0.3) is 0 Å². The molecule has 5 rings (SSSR count). The Hall–Kier alpha value is -1.88. The van der Waals surface area contributed by atoms with E-state index >= 15 is 0 Å². The summed E-state index contributed by atoms with van der Waals surface area (Å²) in [5.74, 6) is 1.23. The number of nitrogens with zero attached hydrogens (tertiary/aromatic N) is 4. The first kappa shape index (κ1) is 17.2. The molecule has 0 radical (unpaired) electrons. The molecule has 2 aromatic rings. The minimum absolute atomic E-state index is 0.0982. The number of carbonyl (C=O) groups is 1. The van der Waals surface area contributed by atoms with Crippen LogP contribution in [-0.4, -0.2) is 58.0 Å². The Morgan fingerprint density at radius 1 is 1.07 bits per heavy atom. The number of fused-ring (bicyclic) bond motifs is 1. The van der Waals surface area contributed by atoms with Gasteiger partial charge in [0.1, 0.15) is 0 Å². The number of benzene rings is 1. The maximum atomic E-state index is 13.3. The molecule has 3 aliphatic rings. The van der Waals surface area contributed by atoms with Crippen LogP contribution in [-0.2, 0) is 11.3 Å². The Kier molecular flexibility index (Phi) is 4.43. The first-order chi connectivity index (χ1) is 13.2. The van der Waals surface area contributed by atoms with Crippen LogP contribution in [0.1, 0.15) is 38.5 Å². The molecule has 1 atom stereocenters. The van der Waals surface area contributed by atoms with Crippen LogP contribution in [0.4, 0.5) is 0 Å².